The van der Waals surface area contributed by atoms with E-state index in [2.05, 4.69) is 13.8 Å². The maximum Gasteiger partial charge on any atom is 0.225 e. The van der Waals surface area contributed by atoms with Crippen molar-refractivity contribution in [2.45, 2.75) is 71.0 Å². The molecule has 0 unspecified atom stereocenters. The highest BCUT2D eigenvalue weighted by Crippen LogP contribution is 2.35. The van der Waals surface area contributed by atoms with Gasteiger partial charge >= 0.3 is 0 Å². The number of piperidine rings is 1. The standard InChI is InChI=1S/C21H36N2O4/c1-3-11-22(12-4-2)19(24)17-5-7-18(8-6-17)20(25)23-13-9-21(10-14-23)26-15-16-27-21/h17-18H,3-16H2,1-2H3. The minimum Gasteiger partial charge on any atom is -0.347 e. The van der Waals surface area contributed by atoms with Gasteiger partial charge in [0.15, 0.2) is 5.79 Å². The number of carbonyl (C=O) groups is 2. The van der Waals surface area contributed by atoms with Crippen LogP contribution < -0.4 is 0 Å². The molecule has 0 bridgehead atoms. The Morgan fingerprint density at radius 1 is 0.926 bits per heavy atom. The van der Waals surface area contributed by atoms with Crippen LogP contribution in [0.4, 0.5) is 0 Å². The largest absolute Gasteiger partial charge is 0.347 e. The summed E-state index contributed by atoms with van der Waals surface area (Å²) in [5.74, 6) is 0.340. The molecular formula is C21H36N2O4. The lowest BCUT2D eigenvalue weighted by atomic mass is 9.80. The van der Waals surface area contributed by atoms with Crippen LogP contribution in [0.25, 0.3) is 0 Å². The number of carbonyl (C=O) groups excluding carboxylic acids is 2. The molecule has 3 rings (SSSR count). The highest BCUT2D eigenvalue weighted by molar-refractivity contribution is 5.81. The van der Waals surface area contributed by atoms with Crippen molar-refractivity contribution in [2.75, 3.05) is 39.4 Å². The molecule has 1 spiro atoms. The van der Waals surface area contributed by atoms with E-state index >= 15 is 0 Å². The van der Waals surface area contributed by atoms with Gasteiger partial charge in [-0.2, -0.15) is 0 Å². The number of ether oxygens (including phenoxy) is 2. The van der Waals surface area contributed by atoms with Gasteiger partial charge in [0.05, 0.1) is 13.2 Å². The van der Waals surface area contributed by atoms with E-state index in [0.29, 0.717) is 19.1 Å². The zero-order valence-electron chi connectivity index (χ0n) is 17.1. The summed E-state index contributed by atoms with van der Waals surface area (Å²) in [7, 11) is 0. The van der Waals surface area contributed by atoms with Crippen molar-refractivity contribution < 1.29 is 19.1 Å². The van der Waals surface area contributed by atoms with E-state index in [1.54, 1.807) is 0 Å². The summed E-state index contributed by atoms with van der Waals surface area (Å²) >= 11 is 0. The van der Waals surface area contributed by atoms with Crippen LogP contribution in [0.3, 0.4) is 0 Å². The normalized spacial score (nSPS) is 27.7. The predicted octanol–water partition coefficient (Wildman–Crippen LogP) is 2.81. The summed E-state index contributed by atoms with van der Waals surface area (Å²) in [6.07, 6.45) is 6.94. The van der Waals surface area contributed by atoms with Crippen molar-refractivity contribution >= 4 is 11.8 Å². The molecule has 0 N–H and O–H groups in total. The maximum absolute atomic E-state index is 12.9. The molecule has 2 amide bonds. The molecular weight excluding hydrogens is 344 g/mol. The second-order valence-electron chi connectivity index (χ2n) is 8.31. The summed E-state index contributed by atoms with van der Waals surface area (Å²) in [5, 5.41) is 0. The molecule has 0 aromatic heterocycles. The van der Waals surface area contributed by atoms with Gasteiger partial charge in [-0.1, -0.05) is 13.8 Å². The van der Waals surface area contributed by atoms with Crippen molar-refractivity contribution in [3.63, 3.8) is 0 Å². The summed E-state index contributed by atoms with van der Waals surface area (Å²) in [6, 6.07) is 0. The zero-order chi connectivity index (χ0) is 19.3. The highest BCUT2D eigenvalue weighted by Gasteiger charge is 2.42. The third kappa shape index (κ3) is 4.83. The van der Waals surface area contributed by atoms with Gasteiger partial charge in [-0.15, -0.1) is 0 Å². The second-order valence-corrected chi connectivity index (χ2v) is 8.31. The molecule has 0 aromatic rings. The summed E-state index contributed by atoms with van der Waals surface area (Å²) < 4.78 is 11.5. The molecule has 0 aromatic carbocycles. The molecule has 27 heavy (non-hydrogen) atoms. The molecule has 2 heterocycles. The van der Waals surface area contributed by atoms with Crippen LogP contribution in [0.15, 0.2) is 0 Å². The van der Waals surface area contributed by atoms with Gasteiger partial charge in [-0.25, -0.2) is 0 Å². The van der Waals surface area contributed by atoms with E-state index in [-0.39, 0.29) is 17.7 Å². The first-order valence-electron chi connectivity index (χ1n) is 10.9. The topological polar surface area (TPSA) is 59.1 Å². The van der Waals surface area contributed by atoms with E-state index in [9.17, 15) is 9.59 Å². The molecule has 3 fully saturated rings. The van der Waals surface area contributed by atoms with Gasteiger partial charge in [0.1, 0.15) is 0 Å². The van der Waals surface area contributed by atoms with E-state index in [1.807, 2.05) is 9.80 Å². The van der Waals surface area contributed by atoms with Gasteiger partial charge in [0.2, 0.25) is 11.8 Å². The van der Waals surface area contributed by atoms with Gasteiger partial charge < -0.3 is 19.3 Å². The fraction of sp³-hybridized carbons (Fsp3) is 0.905. The van der Waals surface area contributed by atoms with Crippen LogP contribution in [0, 0.1) is 11.8 Å². The lowest BCUT2D eigenvalue weighted by Crippen LogP contribution is -2.49. The third-order valence-electron chi connectivity index (χ3n) is 6.37. The fourth-order valence-electron chi connectivity index (χ4n) is 4.83. The van der Waals surface area contributed by atoms with Crippen molar-refractivity contribution in [3.8, 4) is 0 Å². The molecule has 6 heteroatoms. The van der Waals surface area contributed by atoms with E-state index in [1.165, 1.54) is 0 Å². The molecule has 0 radical (unpaired) electrons. The van der Waals surface area contributed by atoms with Crippen molar-refractivity contribution in [2.24, 2.45) is 11.8 Å². The van der Waals surface area contributed by atoms with Crippen LogP contribution in [-0.2, 0) is 19.1 Å². The Morgan fingerprint density at radius 3 is 1.96 bits per heavy atom. The molecule has 6 nitrogen and oxygen atoms in total. The Labute approximate surface area is 163 Å². The molecule has 1 aliphatic carbocycles. The first-order valence-corrected chi connectivity index (χ1v) is 10.9. The smallest absolute Gasteiger partial charge is 0.225 e. The highest BCUT2D eigenvalue weighted by atomic mass is 16.7. The van der Waals surface area contributed by atoms with Crippen LogP contribution >= 0.6 is 0 Å². The number of hydrogen-bond donors (Lipinski definition) is 0. The first kappa shape index (κ1) is 20.6. The number of amides is 2. The monoisotopic (exact) mass is 380 g/mol. The molecule has 3 aliphatic rings. The first-order chi connectivity index (χ1) is 13.1. The maximum atomic E-state index is 12.9. The number of nitrogens with zero attached hydrogens (tertiary/aromatic N) is 2. The van der Waals surface area contributed by atoms with Gasteiger partial charge in [0.25, 0.3) is 0 Å². The second kappa shape index (κ2) is 9.37. The average Bonchev–Trinajstić information content (AvgIpc) is 3.15. The molecule has 154 valence electrons. The quantitative estimate of drug-likeness (QED) is 0.711. The van der Waals surface area contributed by atoms with Crippen LogP contribution in [0.5, 0.6) is 0 Å². The molecule has 2 saturated heterocycles. The number of rotatable bonds is 6. The Kier molecular flexibility index (Phi) is 7.15. The van der Waals surface area contributed by atoms with Crippen LogP contribution in [0.2, 0.25) is 0 Å². The Morgan fingerprint density at radius 2 is 1.44 bits per heavy atom. The zero-order valence-corrected chi connectivity index (χ0v) is 17.1. The minimum absolute atomic E-state index is 0.0827. The van der Waals surface area contributed by atoms with E-state index < -0.39 is 5.79 Å². The Bertz CT molecular complexity index is 494. The van der Waals surface area contributed by atoms with Gasteiger partial charge in [-0.3, -0.25) is 9.59 Å². The summed E-state index contributed by atoms with van der Waals surface area (Å²) in [4.78, 5) is 29.7. The fourth-order valence-corrected chi connectivity index (χ4v) is 4.83. The summed E-state index contributed by atoms with van der Waals surface area (Å²) in [6.45, 7) is 8.72. The van der Waals surface area contributed by atoms with E-state index in [0.717, 1.165) is 77.5 Å². The van der Waals surface area contributed by atoms with E-state index in [4.69, 9.17) is 9.47 Å². The number of likely N-dealkylation sites (tertiary alicyclic amines) is 1. The SMILES string of the molecule is CCCN(CCC)C(=O)C1CCC(C(=O)N2CCC3(CC2)OCCO3)CC1. The third-order valence-corrected chi connectivity index (χ3v) is 6.37. The van der Waals surface area contributed by atoms with Gasteiger partial charge in [-0.05, 0) is 38.5 Å². The lowest BCUT2D eigenvalue weighted by Gasteiger charge is -2.40. The Balaban J connectivity index is 1.46. The van der Waals surface area contributed by atoms with Gasteiger partial charge in [0, 0.05) is 50.9 Å². The van der Waals surface area contributed by atoms with Crippen LogP contribution in [0.1, 0.15) is 65.2 Å². The minimum atomic E-state index is -0.428. The van der Waals surface area contributed by atoms with Crippen molar-refractivity contribution in [3.05, 3.63) is 0 Å². The predicted molar refractivity (Wildman–Crippen MR) is 103 cm³/mol. The van der Waals surface area contributed by atoms with Crippen molar-refractivity contribution in [1.29, 1.82) is 0 Å². The van der Waals surface area contributed by atoms with Crippen LogP contribution in [-0.4, -0.2) is 66.8 Å². The average molecular weight is 381 g/mol. The Hall–Kier alpha value is -1.14. The molecule has 1 saturated carbocycles. The molecule has 2 aliphatic heterocycles. The number of hydrogen-bond acceptors (Lipinski definition) is 4. The van der Waals surface area contributed by atoms with Crippen molar-refractivity contribution in [1.82, 2.24) is 9.80 Å². The summed E-state index contributed by atoms with van der Waals surface area (Å²) in [5.41, 5.74) is 0. The molecule has 0 atom stereocenters. The lowest BCUT2D eigenvalue weighted by molar-refractivity contribution is -0.188.